The van der Waals surface area contributed by atoms with Gasteiger partial charge in [0, 0.05) is 29.5 Å². The molecule has 130 valence electrons. The van der Waals surface area contributed by atoms with E-state index in [2.05, 4.69) is 22.5 Å². The van der Waals surface area contributed by atoms with Crippen molar-refractivity contribution in [1.82, 2.24) is 4.98 Å². The Morgan fingerprint density at radius 2 is 1.69 bits per heavy atom. The van der Waals surface area contributed by atoms with Crippen molar-refractivity contribution in [3.8, 4) is 11.1 Å². The van der Waals surface area contributed by atoms with E-state index in [1.807, 2.05) is 36.4 Å². The fourth-order valence-electron chi connectivity index (χ4n) is 3.49. The average Bonchev–Trinajstić information content (AvgIpc) is 3.33. The van der Waals surface area contributed by atoms with E-state index in [-0.39, 0.29) is 12.2 Å². The van der Waals surface area contributed by atoms with E-state index in [1.165, 1.54) is 29.1 Å². The lowest BCUT2D eigenvalue weighted by Crippen LogP contribution is -2.28. The Bertz CT molecular complexity index is 947. The highest BCUT2D eigenvalue weighted by molar-refractivity contribution is 7.14. The third-order valence-electron chi connectivity index (χ3n) is 5.06. The quantitative estimate of drug-likeness (QED) is 0.629. The van der Waals surface area contributed by atoms with Gasteiger partial charge in [-0.1, -0.05) is 48.5 Å². The molecule has 3 aromatic rings. The van der Waals surface area contributed by atoms with Crippen LogP contribution in [-0.2, 0) is 4.74 Å². The minimum atomic E-state index is -0.377. The maximum Gasteiger partial charge on any atom is 0.416 e. The third-order valence-corrected chi connectivity index (χ3v) is 6.00. The number of nitrogens with zero attached hydrogens (tertiary/aromatic N) is 2. The Hall–Kier alpha value is -2.66. The van der Waals surface area contributed by atoms with Crippen molar-refractivity contribution in [1.29, 1.82) is 0 Å². The number of rotatable bonds is 3. The van der Waals surface area contributed by atoms with Crippen LogP contribution in [0.25, 0.3) is 11.1 Å². The fraction of sp³-hybridized carbons (Fsp3) is 0.238. The van der Waals surface area contributed by atoms with E-state index in [1.54, 1.807) is 7.05 Å². The molecule has 2 aromatic carbocycles. The molecule has 0 unspecified atom stereocenters. The van der Waals surface area contributed by atoms with Crippen molar-refractivity contribution in [2.45, 2.75) is 24.9 Å². The van der Waals surface area contributed by atoms with Gasteiger partial charge >= 0.3 is 6.09 Å². The van der Waals surface area contributed by atoms with Crippen molar-refractivity contribution in [3.05, 3.63) is 70.7 Å². The number of anilines is 1. The lowest BCUT2D eigenvalue weighted by Gasteiger charge is -2.19. The van der Waals surface area contributed by atoms with Gasteiger partial charge in [0.2, 0.25) is 0 Å². The first-order chi connectivity index (χ1) is 12.7. The Balaban J connectivity index is 1.42. The van der Waals surface area contributed by atoms with Crippen LogP contribution in [0.15, 0.2) is 53.9 Å². The standard InChI is InChI=1S/C21H18N2O2S/c1-23(20-22-18(12-26-20)13-10-11-13)21(24)25-19-16-8-4-2-6-14(16)15-7-3-5-9-17(15)19/h2-9,12-13,19H,10-11H2,1H3. The van der Waals surface area contributed by atoms with Gasteiger partial charge in [-0.15, -0.1) is 11.3 Å². The summed E-state index contributed by atoms with van der Waals surface area (Å²) < 4.78 is 5.92. The highest BCUT2D eigenvalue weighted by Crippen LogP contribution is 2.45. The van der Waals surface area contributed by atoms with Gasteiger partial charge in [-0.25, -0.2) is 9.78 Å². The number of amides is 1. The molecule has 5 rings (SSSR count). The van der Waals surface area contributed by atoms with Gasteiger partial charge in [0.1, 0.15) is 0 Å². The van der Waals surface area contributed by atoms with E-state index in [4.69, 9.17) is 4.74 Å². The summed E-state index contributed by atoms with van der Waals surface area (Å²) in [5.41, 5.74) is 5.44. The first-order valence-corrected chi connectivity index (χ1v) is 9.68. The number of carbonyl (C=O) groups is 1. The van der Waals surface area contributed by atoms with Crippen LogP contribution in [0.1, 0.15) is 41.7 Å². The van der Waals surface area contributed by atoms with Gasteiger partial charge in [0.25, 0.3) is 0 Å². The van der Waals surface area contributed by atoms with Gasteiger partial charge in [0.05, 0.1) is 5.69 Å². The molecule has 4 nitrogen and oxygen atoms in total. The third kappa shape index (κ3) is 2.51. The summed E-state index contributed by atoms with van der Waals surface area (Å²) in [6, 6.07) is 16.2. The number of benzene rings is 2. The second kappa shape index (κ2) is 5.95. The zero-order valence-electron chi connectivity index (χ0n) is 14.4. The average molecular weight is 362 g/mol. The highest BCUT2D eigenvalue weighted by atomic mass is 32.1. The lowest BCUT2D eigenvalue weighted by molar-refractivity contribution is 0.127. The molecule has 0 saturated heterocycles. The Morgan fingerprint density at radius 1 is 1.08 bits per heavy atom. The molecule has 2 aliphatic rings. The number of thiazole rings is 1. The molecule has 1 fully saturated rings. The second-order valence-corrected chi connectivity index (χ2v) is 7.66. The molecule has 1 amide bonds. The van der Waals surface area contributed by atoms with Crippen molar-refractivity contribution in [2.75, 3.05) is 11.9 Å². The van der Waals surface area contributed by atoms with Gasteiger partial charge < -0.3 is 4.74 Å². The molecular weight excluding hydrogens is 344 g/mol. The van der Waals surface area contributed by atoms with E-state index in [9.17, 15) is 4.79 Å². The number of hydrogen-bond acceptors (Lipinski definition) is 4. The summed E-state index contributed by atoms with van der Waals surface area (Å²) in [5, 5.41) is 2.74. The molecule has 2 aliphatic carbocycles. The Kier molecular flexibility index (Phi) is 3.57. The van der Waals surface area contributed by atoms with Gasteiger partial charge in [-0.3, -0.25) is 4.90 Å². The molecule has 5 heteroatoms. The van der Waals surface area contributed by atoms with Crippen LogP contribution >= 0.6 is 11.3 Å². The predicted octanol–water partition coefficient (Wildman–Crippen LogP) is 5.36. The topological polar surface area (TPSA) is 42.4 Å². The maximum atomic E-state index is 12.8. The number of fused-ring (bicyclic) bond motifs is 3. The van der Waals surface area contributed by atoms with Crippen LogP contribution in [0.2, 0.25) is 0 Å². The number of aromatic nitrogens is 1. The predicted molar refractivity (Wildman–Crippen MR) is 103 cm³/mol. The first-order valence-electron chi connectivity index (χ1n) is 8.80. The normalized spacial score (nSPS) is 15.4. The first kappa shape index (κ1) is 15.6. The molecule has 1 aromatic heterocycles. The van der Waals surface area contributed by atoms with Crippen molar-refractivity contribution >= 4 is 22.6 Å². The summed E-state index contributed by atoms with van der Waals surface area (Å²) in [5.74, 6) is 0.581. The van der Waals surface area contributed by atoms with Crippen molar-refractivity contribution in [2.24, 2.45) is 0 Å². The summed E-state index contributed by atoms with van der Waals surface area (Å²) in [4.78, 5) is 18.9. The molecule has 1 saturated carbocycles. The van der Waals surface area contributed by atoms with Crippen LogP contribution in [0.4, 0.5) is 9.93 Å². The highest BCUT2D eigenvalue weighted by Gasteiger charge is 2.33. The Morgan fingerprint density at radius 3 is 2.31 bits per heavy atom. The summed E-state index contributed by atoms with van der Waals surface area (Å²) in [6.45, 7) is 0. The Labute approximate surface area is 156 Å². The zero-order chi connectivity index (χ0) is 17.7. The molecule has 26 heavy (non-hydrogen) atoms. The van der Waals surface area contributed by atoms with E-state index < -0.39 is 0 Å². The van der Waals surface area contributed by atoms with Gasteiger partial charge in [-0.2, -0.15) is 0 Å². The van der Waals surface area contributed by atoms with E-state index in [0.717, 1.165) is 27.9 Å². The van der Waals surface area contributed by atoms with Crippen molar-refractivity contribution in [3.63, 3.8) is 0 Å². The lowest BCUT2D eigenvalue weighted by atomic mass is 10.1. The molecule has 1 heterocycles. The maximum absolute atomic E-state index is 12.8. The van der Waals surface area contributed by atoms with Crippen LogP contribution in [0, 0.1) is 0 Å². The van der Waals surface area contributed by atoms with Crippen molar-refractivity contribution < 1.29 is 9.53 Å². The zero-order valence-corrected chi connectivity index (χ0v) is 15.2. The van der Waals surface area contributed by atoms with Gasteiger partial charge in [-0.05, 0) is 24.0 Å². The monoisotopic (exact) mass is 362 g/mol. The summed E-state index contributed by atoms with van der Waals surface area (Å²) in [6.07, 6.45) is 1.65. The van der Waals surface area contributed by atoms with Crippen LogP contribution in [0.3, 0.4) is 0 Å². The number of hydrogen-bond donors (Lipinski definition) is 0. The minimum Gasteiger partial charge on any atom is -0.436 e. The second-order valence-electron chi connectivity index (χ2n) is 6.83. The van der Waals surface area contributed by atoms with Crippen LogP contribution in [-0.4, -0.2) is 18.1 Å². The molecule has 0 atom stereocenters. The SMILES string of the molecule is CN(C(=O)OC1c2ccccc2-c2ccccc21)c1nc(C2CC2)cs1. The fourth-order valence-corrected chi connectivity index (χ4v) is 4.35. The molecule has 0 radical (unpaired) electrons. The number of ether oxygens (including phenoxy) is 1. The largest absolute Gasteiger partial charge is 0.436 e. The summed E-state index contributed by atoms with van der Waals surface area (Å²) in [7, 11) is 1.73. The van der Waals surface area contributed by atoms with Gasteiger partial charge in [0.15, 0.2) is 11.2 Å². The smallest absolute Gasteiger partial charge is 0.416 e. The molecule has 0 aliphatic heterocycles. The van der Waals surface area contributed by atoms with Crippen LogP contribution < -0.4 is 4.90 Å². The van der Waals surface area contributed by atoms with E-state index >= 15 is 0 Å². The molecule has 0 bridgehead atoms. The van der Waals surface area contributed by atoms with E-state index in [0.29, 0.717) is 11.0 Å². The molecule has 0 spiro atoms. The molecule has 0 N–H and O–H groups in total. The molecular formula is C21H18N2O2S. The number of carbonyl (C=O) groups excluding carboxylic acids is 1. The summed E-state index contributed by atoms with van der Waals surface area (Å²) >= 11 is 1.50. The minimum absolute atomic E-state index is 0.375. The van der Waals surface area contributed by atoms with Crippen LogP contribution in [0.5, 0.6) is 0 Å².